The predicted octanol–water partition coefficient (Wildman–Crippen LogP) is 2.53. The SMILES string of the molecule is CC1(C)C(NCCCCCCN)C1(C)C. The third-order valence-corrected chi connectivity index (χ3v) is 4.50. The van der Waals surface area contributed by atoms with Crippen LogP contribution in [0.25, 0.3) is 0 Å². The Balaban J connectivity index is 2.03. The van der Waals surface area contributed by atoms with Gasteiger partial charge in [-0.1, -0.05) is 40.5 Å². The van der Waals surface area contributed by atoms with Crippen molar-refractivity contribution in [2.24, 2.45) is 16.6 Å². The summed E-state index contributed by atoms with van der Waals surface area (Å²) in [5, 5.41) is 3.68. The summed E-state index contributed by atoms with van der Waals surface area (Å²) in [4.78, 5) is 0. The Morgan fingerprint density at radius 3 is 1.93 bits per heavy atom. The zero-order chi connectivity index (χ0) is 11.5. The molecule has 0 aromatic heterocycles. The van der Waals surface area contributed by atoms with Gasteiger partial charge in [0.15, 0.2) is 0 Å². The topological polar surface area (TPSA) is 38.0 Å². The van der Waals surface area contributed by atoms with E-state index in [1.807, 2.05) is 0 Å². The third kappa shape index (κ3) is 2.73. The van der Waals surface area contributed by atoms with Crippen LogP contribution in [0.1, 0.15) is 53.4 Å². The standard InChI is InChI=1S/C13H28N2/c1-12(2)11(13(12,3)4)15-10-8-6-5-7-9-14/h11,15H,5-10,14H2,1-4H3. The molecule has 1 aliphatic carbocycles. The predicted molar refractivity (Wildman–Crippen MR) is 66.9 cm³/mol. The summed E-state index contributed by atoms with van der Waals surface area (Å²) in [6.45, 7) is 11.5. The van der Waals surface area contributed by atoms with Gasteiger partial charge in [0.2, 0.25) is 0 Å². The largest absolute Gasteiger partial charge is 0.330 e. The van der Waals surface area contributed by atoms with Gasteiger partial charge >= 0.3 is 0 Å². The van der Waals surface area contributed by atoms with E-state index < -0.39 is 0 Å². The maximum Gasteiger partial charge on any atom is 0.0181 e. The molecular weight excluding hydrogens is 184 g/mol. The summed E-state index contributed by atoms with van der Waals surface area (Å²) in [6, 6.07) is 0.708. The Bertz CT molecular complexity index is 183. The molecule has 1 aliphatic rings. The van der Waals surface area contributed by atoms with Crippen LogP contribution in [0.4, 0.5) is 0 Å². The Morgan fingerprint density at radius 2 is 1.47 bits per heavy atom. The van der Waals surface area contributed by atoms with Gasteiger partial charge in [-0.05, 0) is 36.8 Å². The molecule has 0 amide bonds. The highest BCUT2D eigenvalue weighted by molar-refractivity contribution is 5.17. The lowest BCUT2D eigenvalue weighted by atomic mass is 10.0. The lowest BCUT2D eigenvalue weighted by Gasteiger charge is -2.05. The lowest BCUT2D eigenvalue weighted by Crippen LogP contribution is -2.23. The molecule has 1 saturated carbocycles. The van der Waals surface area contributed by atoms with Gasteiger partial charge in [-0.3, -0.25) is 0 Å². The number of nitrogens with two attached hydrogens (primary N) is 1. The van der Waals surface area contributed by atoms with Crippen molar-refractivity contribution in [2.45, 2.75) is 59.4 Å². The van der Waals surface area contributed by atoms with E-state index in [4.69, 9.17) is 5.73 Å². The number of hydrogen-bond donors (Lipinski definition) is 2. The zero-order valence-electron chi connectivity index (χ0n) is 10.9. The molecule has 0 saturated heterocycles. The summed E-state index contributed by atoms with van der Waals surface area (Å²) in [6.07, 6.45) is 5.08. The van der Waals surface area contributed by atoms with E-state index in [2.05, 4.69) is 33.0 Å². The molecule has 0 radical (unpaired) electrons. The van der Waals surface area contributed by atoms with Crippen molar-refractivity contribution in [1.82, 2.24) is 5.32 Å². The van der Waals surface area contributed by atoms with Crippen molar-refractivity contribution in [2.75, 3.05) is 13.1 Å². The molecule has 0 aromatic rings. The fraction of sp³-hybridized carbons (Fsp3) is 1.00. The Hall–Kier alpha value is -0.0800. The van der Waals surface area contributed by atoms with Gasteiger partial charge in [0.25, 0.3) is 0 Å². The average Bonchev–Trinajstić information content (AvgIpc) is 2.52. The van der Waals surface area contributed by atoms with Crippen LogP contribution < -0.4 is 11.1 Å². The van der Waals surface area contributed by atoms with E-state index in [0.717, 1.165) is 6.54 Å². The zero-order valence-corrected chi connectivity index (χ0v) is 10.9. The van der Waals surface area contributed by atoms with Gasteiger partial charge in [0.1, 0.15) is 0 Å². The van der Waals surface area contributed by atoms with E-state index in [1.165, 1.54) is 32.2 Å². The smallest absolute Gasteiger partial charge is 0.0181 e. The molecule has 0 spiro atoms. The Labute approximate surface area is 95.0 Å². The fourth-order valence-corrected chi connectivity index (χ4v) is 2.58. The van der Waals surface area contributed by atoms with Crippen molar-refractivity contribution < 1.29 is 0 Å². The first-order chi connectivity index (χ1) is 6.94. The highest BCUT2D eigenvalue weighted by atomic mass is 15.0. The van der Waals surface area contributed by atoms with E-state index >= 15 is 0 Å². The summed E-state index contributed by atoms with van der Waals surface area (Å²) >= 11 is 0. The van der Waals surface area contributed by atoms with E-state index in [-0.39, 0.29) is 0 Å². The number of nitrogens with one attached hydrogen (secondary N) is 1. The molecule has 1 fully saturated rings. The molecular formula is C13H28N2. The molecule has 0 aliphatic heterocycles. The van der Waals surface area contributed by atoms with Crippen molar-refractivity contribution >= 4 is 0 Å². The van der Waals surface area contributed by atoms with E-state index in [0.29, 0.717) is 16.9 Å². The minimum Gasteiger partial charge on any atom is -0.330 e. The van der Waals surface area contributed by atoms with Crippen molar-refractivity contribution in [3.63, 3.8) is 0 Å². The molecule has 0 bridgehead atoms. The first-order valence-electron chi connectivity index (χ1n) is 6.38. The van der Waals surface area contributed by atoms with Gasteiger partial charge in [-0.2, -0.15) is 0 Å². The van der Waals surface area contributed by atoms with Crippen LogP contribution in [0.5, 0.6) is 0 Å². The summed E-state index contributed by atoms with van der Waals surface area (Å²) < 4.78 is 0. The molecule has 0 atom stereocenters. The van der Waals surface area contributed by atoms with Crippen LogP contribution in [-0.4, -0.2) is 19.1 Å². The van der Waals surface area contributed by atoms with Crippen LogP contribution in [0.3, 0.4) is 0 Å². The second-order valence-electron chi connectivity index (χ2n) is 6.03. The van der Waals surface area contributed by atoms with Crippen LogP contribution >= 0.6 is 0 Å². The second kappa shape index (κ2) is 4.84. The molecule has 2 nitrogen and oxygen atoms in total. The monoisotopic (exact) mass is 212 g/mol. The Kier molecular flexibility index (Phi) is 4.19. The summed E-state index contributed by atoms with van der Waals surface area (Å²) in [7, 11) is 0. The maximum atomic E-state index is 5.46. The molecule has 0 heterocycles. The van der Waals surface area contributed by atoms with E-state index in [1.54, 1.807) is 0 Å². The fourth-order valence-electron chi connectivity index (χ4n) is 2.58. The summed E-state index contributed by atoms with van der Waals surface area (Å²) in [5.74, 6) is 0. The van der Waals surface area contributed by atoms with Crippen LogP contribution in [0, 0.1) is 10.8 Å². The van der Waals surface area contributed by atoms with Crippen LogP contribution in [0.2, 0.25) is 0 Å². The normalized spacial score (nSPS) is 23.0. The summed E-state index contributed by atoms with van der Waals surface area (Å²) in [5.41, 5.74) is 6.41. The highest BCUT2D eigenvalue weighted by Crippen LogP contribution is 2.62. The van der Waals surface area contributed by atoms with Crippen molar-refractivity contribution in [3.05, 3.63) is 0 Å². The van der Waals surface area contributed by atoms with Gasteiger partial charge in [0.05, 0.1) is 0 Å². The van der Waals surface area contributed by atoms with Gasteiger partial charge in [-0.25, -0.2) is 0 Å². The molecule has 2 heteroatoms. The van der Waals surface area contributed by atoms with Gasteiger partial charge in [0, 0.05) is 6.04 Å². The lowest BCUT2D eigenvalue weighted by molar-refractivity contribution is 0.457. The van der Waals surface area contributed by atoms with E-state index in [9.17, 15) is 0 Å². The van der Waals surface area contributed by atoms with Gasteiger partial charge in [-0.15, -0.1) is 0 Å². The van der Waals surface area contributed by atoms with Gasteiger partial charge < -0.3 is 11.1 Å². The van der Waals surface area contributed by atoms with Crippen LogP contribution in [0.15, 0.2) is 0 Å². The molecule has 3 N–H and O–H groups in total. The number of unbranched alkanes of at least 4 members (excludes halogenated alkanes) is 3. The molecule has 90 valence electrons. The van der Waals surface area contributed by atoms with Crippen LogP contribution in [-0.2, 0) is 0 Å². The molecule has 1 rings (SSSR count). The second-order valence-corrected chi connectivity index (χ2v) is 6.03. The molecule has 0 unspecified atom stereocenters. The minimum atomic E-state index is 0.476. The average molecular weight is 212 g/mol. The molecule has 0 aromatic carbocycles. The molecule has 15 heavy (non-hydrogen) atoms. The number of rotatable bonds is 7. The van der Waals surface area contributed by atoms with Crippen molar-refractivity contribution in [3.8, 4) is 0 Å². The van der Waals surface area contributed by atoms with Crippen molar-refractivity contribution in [1.29, 1.82) is 0 Å². The quantitative estimate of drug-likeness (QED) is 0.636. The minimum absolute atomic E-state index is 0.476. The first-order valence-corrected chi connectivity index (χ1v) is 6.38. The maximum absolute atomic E-state index is 5.46. The Morgan fingerprint density at radius 1 is 0.933 bits per heavy atom. The third-order valence-electron chi connectivity index (χ3n) is 4.50. The number of hydrogen-bond acceptors (Lipinski definition) is 2. The highest BCUT2D eigenvalue weighted by Gasteiger charge is 2.64. The first kappa shape index (κ1) is 13.0.